The van der Waals surface area contributed by atoms with Crippen molar-refractivity contribution in [3.8, 4) is 0 Å². The van der Waals surface area contributed by atoms with Gasteiger partial charge in [-0.1, -0.05) is 67.2 Å². The molecule has 178 valence electrons. The maximum Gasteiger partial charge on any atom is 0.305 e. The molecule has 4 atom stereocenters. The number of rotatable bonds is 19. The first-order chi connectivity index (χ1) is 14.4. The molecule has 0 N–H and O–H groups in total. The second kappa shape index (κ2) is 18.7. The van der Waals surface area contributed by atoms with Crippen molar-refractivity contribution in [1.82, 2.24) is 0 Å². The standard InChI is InChI=1S/C26H50O4/c1-7-13-23(17-21(5)9-3)19-29-25(27)15-11-12-16-26(28)30-20-24(14-8-2)18-22(6)10-4/h21-24H,7-20H2,1-6H3. The zero-order chi connectivity index (χ0) is 22.8. The highest BCUT2D eigenvalue weighted by Crippen LogP contribution is 2.21. The van der Waals surface area contributed by atoms with E-state index in [0.717, 1.165) is 38.5 Å². The van der Waals surface area contributed by atoms with Crippen LogP contribution in [0.15, 0.2) is 0 Å². The summed E-state index contributed by atoms with van der Waals surface area (Å²) in [6, 6.07) is 0. The zero-order valence-electron chi connectivity index (χ0n) is 20.8. The lowest BCUT2D eigenvalue weighted by Gasteiger charge is -2.20. The van der Waals surface area contributed by atoms with Crippen LogP contribution in [0.2, 0.25) is 0 Å². The fourth-order valence-corrected chi connectivity index (χ4v) is 3.93. The van der Waals surface area contributed by atoms with Crippen LogP contribution in [0.25, 0.3) is 0 Å². The first kappa shape index (κ1) is 28.9. The van der Waals surface area contributed by atoms with E-state index in [1.807, 2.05) is 0 Å². The summed E-state index contributed by atoms with van der Waals surface area (Å²) < 4.78 is 11.0. The Morgan fingerprint density at radius 1 is 0.667 bits per heavy atom. The minimum absolute atomic E-state index is 0.134. The van der Waals surface area contributed by atoms with Gasteiger partial charge in [0.1, 0.15) is 0 Å². The van der Waals surface area contributed by atoms with Gasteiger partial charge in [0.15, 0.2) is 0 Å². The first-order valence-corrected chi connectivity index (χ1v) is 12.7. The summed E-state index contributed by atoms with van der Waals surface area (Å²) >= 11 is 0. The lowest BCUT2D eigenvalue weighted by atomic mass is 9.91. The van der Waals surface area contributed by atoms with E-state index in [1.165, 1.54) is 12.8 Å². The Labute approximate surface area is 186 Å². The fourth-order valence-electron chi connectivity index (χ4n) is 3.93. The number of hydrogen-bond acceptors (Lipinski definition) is 4. The molecule has 0 aromatic rings. The van der Waals surface area contributed by atoms with E-state index in [4.69, 9.17) is 9.47 Å². The third-order valence-electron chi connectivity index (χ3n) is 6.23. The van der Waals surface area contributed by atoms with Gasteiger partial charge >= 0.3 is 11.9 Å². The summed E-state index contributed by atoms with van der Waals surface area (Å²) in [5.41, 5.74) is 0. The van der Waals surface area contributed by atoms with Crippen molar-refractivity contribution >= 4 is 11.9 Å². The van der Waals surface area contributed by atoms with Gasteiger partial charge in [0, 0.05) is 12.8 Å². The molecule has 0 saturated carbocycles. The third kappa shape index (κ3) is 15.7. The Balaban J connectivity index is 4.00. The largest absolute Gasteiger partial charge is 0.465 e. The van der Waals surface area contributed by atoms with Crippen LogP contribution in [0, 0.1) is 23.7 Å². The highest BCUT2D eigenvalue weighted by atomic mass is 16.5. The van der Waals surface area contributed by atoms with Crippen LogP contribution < -0.4 is 0 Å². The molecule has 4 nitrogen and oxygen atoms in total. The summed E-state index contributed by atoms with van der Waals surface area (Å²) in [4.78, 5) is 24.1. The zero-order valence-corrected chi connectivity index (χ0v) is 20.8. The molecule has 0 amide bonds. The van der Waals surface area contributed by atoms with Crippen molar-refractivity contribution in [1.29, 1.82) is 0 Å². The van der Waals surface area contributed by atoms with Crippen LogP contribution in [0.3, 0.4) is 0 Å². The molecule has 0 spiro atoms. The molecule has 30 heavy (non-hydrogen) atoms. The number of hydrogen-bond donors (Lipinski definition) is 0. The van der Waals surface area contributed by atoms with Crippen molar-refractivity contribution in [3.05, 3.63) is 0 Å². The summed E-state index contributed by atoms with van der Waals surface area (Å²) in [6.45, 7) is 14.4. The number of carbonyl (C=O) groups is 2. The minimum atomic E-state index is -0.134. The third-order valence-corrected chi connectivity index (χ3v) is 6.23. The average molecular weight is 427 g/mol. The van der Waals surface area contributed by atoms with Gasteiger partial charge in [0.05, 0.1) is 13.2 Å². The number of esters is 2. The van der Waals surface area contributed by atoms with E-state index in [9.17, 15) is 9.59 Å². The molecule has 0 aromatic heterocycles. The molecule has 0 radical (unpaired) electrons. The first-order valence-electron chi connectivity index (χ1n) is 12.7. The van der Waals surface area contributed by atoms with Gasteiger partial charge in [-0.05, 0) is 62.2 Å². The van der Waals surface area contributed by atoms with Gasteiger partial charge in [-0.3, -0.25) is 9.59 Å². The maximum atomic E-state index is 12.0. The number of ether oxygens (including phenoxy) is 2. The van der Waals surface area contributed by atoms with E-state index in [-0.39, 0.29) is 11.9 Å². The summed E-state index contributed by atoms with van der Waals surface area (Å²) in [5.74, 6) is 2.02. The van der Waals surface area contributed by atoms with Gasteiger partial charge in [-0.15, -0.1) is 0 Å². The fraction of sp³-hybridized carbons (Fsp3) is 0.923. The molecule has 4 heteroatoms. The van der Waals surface area contributed by atoms with Crippen molar-refractivity contribution in [2.24, 2.45) is 23.7 Å². The number of carbonyl (C=O) groups excluding carboxylic acids is 2. The van der Waals surface area contributed by atoms with E-state index in [2.05, 4.69) is 41.5 Å². The van der Waals surface area contributed by atoms with Crippen molar-refractivity contribution in [3.63, 3.8) is 0 Å². The summed E-state index contributed by atoms with van der Waals surface area (Å²) in [5, 5.41) is 0. The van der Waals surface area contributed by atoms with Crippen molar-refractivity contribution < 1.29 is 19.1 Å². The van der Waals surface area contributed by atoms with E-state index < -0.39 is 0 Å². The molecular weight excluding hydrogens is 376 g/mol. The monoisotopic (exact) mass is 426 g/mol. The molecule has 0 aliphatic rings. The molecule has 0 aliphatic heterocycles. The van der Waals surface area contributed by atoms with Crippen LogP contribution in [-0.4, -0.2) is 25.2 Å². The Morgan fingerprint density at radius 2 is 1.03 bits per heavy atom. The molecule has 0 aromatic carbocycles. The maximum absolute atomic E-state index is 12.0. The smallest absolute Gasteiger partial charge is 0.305 e. The second-order valence-corrected chi connectivity index (χ2v) is 9.38. The number of unbranched alkanes of at least 4 members (excludes halogenated alkanes) is 1. The average Bonchev–Trinajstić information content (AvgIpc) is 2.73. The minimum Gasteiger partial charge on any atom is -0.465 e. The molecule has 0 fully saturated rings. The normalized spacial score (nSPS) is 15.3. The van der Waals surface area contributed by atoms with Gasteiger partial charge in [-0.25, -0.2) is 0 Å². The van der Waals surface area contributed by atoms with Gasteiger partial charge in [-0.2, -0.15) is 0 Å². The summed E-state index contributed by atoms with van der Waals surface area (Å²) in [7, 11) is 0. The van der Waals surface area contributed by atoms with E-state index in [1.54, 1.807) is 0 Å². The predicted molar refractivity (Wildman–Crippen MR) is 125 cm³/mol. The molecule has 0 saturated heterocycles. The van der Waals surface area contributed by atoms with Crippen LogP contribution in [-0.2, 0) is 19.1 Å². The molecule has 4 unspecified atom stereocenters. The van der Waals surface area contributed by atoms with Crippen molar-refractivity contribution in [2.45, 2.75) is 119 Å². The highest BCUT2D eigenvalue weighted by Gasteiger charge is 2.16. The van der Waals surface area contributed by atoms with Crippen LogP contribution in [0.5, 0.6) is 0 Å². The Hall–Kier alpha value is -1.06. The Morgan fingerprint density at radius 3 is 1.33 bits per heavy atom. The molecule has 0 heterocycles. The topological polar surface area (TPSA) is 52.6 Å². The summed E-state index contributed by atoms with van der Waals surface area (Å²) in [6.07, 6.45) is 11.2. The molecule has 0 rings (SSSR count). The lowest BCUT2D eigenvalue weighted by Crippen LogP contribution is -2.17. The van der Waals surface area contributed by atoms with Crippen LogP contribution >= 0.6 is 0 Å². The van der Waals surface area contributed by atoms with Gasteiger partial charge in [0.25, 0.3) is 0 Å². The van der Waals surface area contributed by atoms with E-state index in [0.29, 0.717) is 62.6 Å². The predicted octanol–water partition coefficient (Wildman–Crippen LogP) is 7.34. The second-order valence-electron chi connectivity index (χ2n) is 9.38. The van der Waals surface area contributed by atoms with Crippen molar-refractivity contribution in [2.75, 3.05) is 13.2 Å². The molecule has 0 bridgehead atoms. The Kier molecular flexibility index (Phi) is 18.0. The van der Waals surface area contributed by atoms with Crippen LogP contribution in [0.4, 0.5) is 0 Å². The Bertz CT molecular complexity index is 395. The highest BCUT2D eigenvalue weighted by molar-refractivity contribution is 5.70. The lowest BCUT2D eigenvalue weighted by molar-refractivity contribution is -0.147. The quantitative estimate of drug-likeness (QED) is 0.160. The van der Waals surface area contributed by atoms with Crippen LogP contribution in [0.1, 0.15) is 119 Å². The van der Waals surface area contributed by atoms with Gasteiger partial charge < -0.3 is 9.47 Å². The van der Waals surface area contributed by atoms with Gasteiger partial charge in [0.2, 0.25) is 0 Å². The SMILES string of the molecule is CCCC(COC(=O)CCCCC(=O)OCC(CCC)CC(C)CC)CC(C)CC. The molecule has 0 aliphatic carbocycles. The van der Waals surface area contributed by atoms with E-state index >= 15 is 0 Å². The molecular formula is C26H50O4.